The summed E-state index contributed by atoms with van der Waals surface area (Å²) in [6.07, 6.45) is 11.3. The third-order valence-electron chi connectivity index (χ3n) is 4.28. The molecule has 0 saturated heterocycles. The molecule has 0 spiro atoms. The molecule has 2 aliphatic rings. The second kappa shape index (κ2) is 5.29. The van der Waals surface area contributed by atoms with Gasteiger partial charge in [-0.05, 0) is 49.0 Å². The van der Waals surface area contributed by atoms with Crippen molar-refractivity contribution in [1.29, 1.82) is 0 Å². The van der Waals surface area contributed by atoms with Crippen molar-refractivity contribution in [2.45, 2.75) is 59.3 Å². The van der Waals surface area contributed by atoms with E-state index < -0.39 is 0 Å². The number of carbonyl (C=O) groups excluding carboxylic acids is 1. The minimum absolute atomic E-state index is 0.172. The van der Waals surface area contributed by atoms with Gasteiger partial charge in [0.1, 0.15) is 5.76 Å². The Balaban J connectivity index is 2.16. The molecule has 2 nitrogen and oxygen atoms in total. The highest BCUT2D eigenvalue weighted by molar-refractivity contribution is 5.67. The summed E-state index contributed by atoms with van der Waals surface area (Å²) in [4.78, 5) is 11.2. The number of rotatable bonds is 4. The molecule has 0 unspecified atom stereocenters. The predicted molar refractivity (Wildman–Crippen MR) is 72.9 cm³/mol. The molecule has 18 heavy (non-hydrogen) atoms. The molecule has 0 radical (unpaired) electrons. The SMILES string of the molecule is CC/C=C/[C@H]1C[C@@]1(C)C1=C(OC(C)=O)CCCC1. The van der Waals surface area contributed by atoms with Crippen molar-refractivity contribution in [3.63, 3.8) is 0 Å². The van der Waals surface area contributed by atoms with E-state index in [4.69, 9.17) is 4.74 Å². The molecule has 0 N–H and O–H groups in total. The van der Waals surface area contributed by atoms with Gasteiger partial charge in [0.25, 0.3) is 0 Å². The van der Waals surface area contributed by atoms with Crippen LogP contribution in [0.1, 0.15) is 59.3 Å². The van der Waals surface area contributed by atoms with Crippen molar-refractivity contribution in [2.75, 3.05) is 0 Å². The van der Waals surface area contributed by atoms with Crippen LogP contribution in [0, 0.1) is 11.3 Å². The quantitative estimate of drug-likeness (QED) is 0.545. The molecule has 0 aromatic heterocycles. The fraction of sp³-hybridized carbons (Fsp3) is 0.688. The lowest BCUT2D eigenvalue weighted by molar-refractivity contribution is -0.137. The maximum absolute atomic E-state index is 11.2. The van der Waals surface area contributed by atoms with Gasteiger partial charge < -0.3 is 4.74 Å². The normalized spacial score (nSPS) is 31.8. The Morgan fingerprint density at radius 3 is 2.83 bits per heavy atom. The monoisotopic (exact) mass is 248 g/mol. The molecular weight excluding hydrogens is 224 g/mol. The predicted octanol–water partition coefficient (Wildman–Crippen LogP) is 4.37. The lowest BCUT2D eigenvalue weighted by Gasteiger charge is -2.24. The minimum atomic E-state index is -0.172. The smallest absolute Gasteiger partial charge is 0.307 e. The Bertz CT molecular complexity index is 392. The summed E-state index contributed by atoms with van der Waals surface area (Å²) < 4.78 is 5.44. The van der Waals surface area contributed by atoms with Crippen molar-refractivity contribution >= 4 is 5.97 Å². The van der Waals surface area contributed by atoms with Crippen LogP contribution in [0.2, 0.25) is 0 Å². The van der Waals surface area contributed by atoms with Crippen LogP contribution in [-0.4, -0.2) is 5.97 Å². The van der Waals surface area contributed by atoms with Crippen LogP contribution >= 0.6 is 0 Å². The van der Waals surface area contributed by atoms with Crippen LogP contribution in [-0.2, 0) is 9.53 Å². The van der Waals surface area contributed by atoms with Crippen LogP contribution < -0.4 is 0 Å². The van der Waals surface area contributed by atoms with Crippen LogP contribution in [0.5, 0.6) is 0 Å². The molecule has 2 heteroatoms. The zero-order chi connectivity index (χ0) is 13.2. The molecule has 100 valence electrons. The summed E-state index contributed by atoms with van der Waals surface area (Å²) in [5.41, 5.74) is 1.67. The van der Waals surface area contributed by atoms with E-state index in [1.54, 1.807) is 0 Å². The number of allylic oxidation sites excluding steroid dienone is 4. The Morgan fingerprint density at radius 2 is 2.17 bits per heavy atom. The van der Waals surface area contributed by atoms with Gasteiger partial charge in [-0.1, -0.05) is 26.0 Å². The van der Waals surface area contributed by atoms with Crippen LogP contribution in [0.25, 0.3) is 0 Å². The van der Waals surface area contributed by atoms with Gasteiger partial charge in [-0.15, -0.1) is 0 Å². The van der Waals surface area contributed by atoms with E-state index in [1.165, 1.54) is 25.3 Å². The first-order chi connectivity index (χ1) is 8.58. The van der Waals surface area contributed by atoms with E-state index >= 15 is 0 Å². The van der Waals surface area contributed by atoms with Crippen LogP contribution in [0.4, 0.5) is 0 Å². The standard InChI is InChI=1S/C16H24O2/c1-4-5-8-13-11-16(13,3)14-9-6-7-10-15(14)18-12(2)17/h5,8,13H,4,6-7,9-11H2,1-3H3/b8-5+/t13-,16+/m0/s1. The first-order valence-corrected chi connectivity index (χ1v) is 7.15. The number of carbonyl (C=O) groups is 1. The lowest BCUT2D eigenvalue weighted by atomic mass is 9.85. The van der Waals surface area contributed by atoms with Gasteiger partial charge in [-0.25, -0.2) is 0 Å². The molecule has 0 aromatic carbocycles. The second-order valence-corrected chi connectivity index (χ2v) is 5.77. The van der Waals surface area contributed by atoms with Crippen molar-refractivity contribution < 1.29 is 9.53 Å². The van der Waals surface area contributed by atoms with Gasteiger partial charge in [0.05, 0.1) is 0 Å². The molecule has 0 amide bonds. The molecular formula is C16H24O2. The van der Waals surface area contributed by atoms with E-state index in [0.29, 0.717) is 5.92 Å². The summed E-state index contributed by atoms with van der Waals surface area (Å²) in [6, 6.07) is 0. The van der Waals surface area contributed by atoms with E-state index in [2.05, 4.69) is 26.0 Å². The Labute approximate surface area is 110 Å². The zero-order valence-electron chi connectivity index (χ0n) is 11.8. The molecule has 2 rings (SSSR count). The van der Waals surface area contributed by atoms with E-state index in [-0.39, 0.29) is 11.4 Å². The first kappa shape index (κ1) is 13.4. The number of hydrogen-bond acceptors (Lipinski definition) is 2. The largest absolute Gasteiger partial charge is 0.431 e. The highest BCUT2D eigenvalue weighted by Crippen LogP contribution is 2.61. The fourth-order valence-corrected chi connectivity index (χ4v) is 3.09. The first-order valence-electron chi connectivity index (χ1n) is 7.15. The van der Waals surface area contributed by atoms with Crippen molar-refractivity contribution in [2.24, 2.45) is 11.3 Å². The Morgan fingerprint density at radius 1 is 1.44 bits per heavy atom. The van der Waals surface area contributed by atoms with Crippen molar-refractivity contribution in [3.8, 4) is 0 Å². The van der Waals surface area contributed by atoms with E-state index in [1.807, 2.05) is 0 Å². The molecule has 1 fully saturated rings. The molecule has 0 bridgehead atoms. The summed E-state index contributed by atoms with van der Waals surface area (Å²) in [5, 5.41) is 0. The third kappa shape index (κ3) is 2.68. The maximum Gasteiger partial charge on any atom is 0.307 e. The highest BCUT2D eigenvalue weighted by atomic mass is 16.5. The zero-order valence-corrected chi connectivity index (χ0v) is 11.8. The minimum Gasteiger partial charge on any atom is -0.431 e. The van der Waals surface area contributed by atoms with Gasteiger partial charge in [0.15, 0.2) is 0 Å². The third-order valence-corrected chi connectivity index (χ3v) is 4.28. The van der Waals surface area contributed by atoms with E-state index in [0.717, 1.165) is 31.4 Å². The number of hydrogen-bond donors (Lipinski definition) is 0. The average Bonchev–Trinajstić information content (AvgIpc) is 2.99. The Hall–Kier alpha value is -1.05. The molecule has 2 aliphatic carbocycles. The van der Waals surface area contributed by atoms with Crippen molar-refractivity contribution in [3.05, 3.63) is 23.5 Å². The number of ether oxygens (including phenoxy) is 1. The highest BCUT2D eigenvalue weighted by Gasteiger charge is 2.52. The van der Waals surface area contributed by atoms with Gasteiger partial charge in [-0.3, -0.25) is 4.79 Å². The average molecular weight is 248 g/mol. The topological polar surface area (TPSA) is 26.3 Å². The Kier molecular flexibility index (Phi) is 3.94. The second-order valence-electron chi connectivity index (χ2n) is 5.77. The molecule has 0 heterocycles. The fourth-order valence-electron chi connectivity index (χ4n) is 3.09. The van der Waals surface area contributed by atoms with Crippen LogP contribution in [0.3, 0.4) is 0 Å². The summed E-state index contributed by atoms with van der Waals surface area (Å²) in [7, 11) is 0. The molecule has 1 saturated carbocycles. The van der Waals surface area contributed by atoms with Crippen LogP contribution in [0.15, 0.2) is 23.5 Å². The van der Waals surface area contributed by atoms with Gasteiger partial charge >= 0.3 is 5.97 Å². The molecule has 0 aromatic rings. The number of esters is 1. The van der Waals surface area contributed by atoms with Crippen molar-refractivity contribution in [1.82, 2.24) is 0 Å². The van der Waals surface area contributed by atoms with E-state index in [9.17, 15) is 4.79 Å². The molecule has 0 aliphatic heterocycles. The summed E-state index contributed by atoms with van der Waals surface area (Å²) >= 11 is 0. The van der Waals surface area contributed by atoms with Gasteiger partial charge in [-0.2, -0.15) is 0 Å². The van der Waals surface area contributed by atoms with Gasteiger partial charge in [0, 0.05) is 13.3 Å². The van der Waals surface area contributed by atoms with Gasteiger partial charge in [0.2, 0.25) is 0 Å². The lowest BCUT2D eigenvalue weighted by Crippen LogP contribution is -2.14. The maximum atomic E-state index is 11.2. The summed E-state index contributed by atoms with van der Waals surface area (Å²) in [5.74, 6) is 1.45. The molecule has 2 atom stereocenters. The summed E-state index contributed by atoms with van der Waals surface area (Å²) in [6.45, 7) is 5.99.